The Bertz CT molecular complexity index is 995. The van der Waals surface area contributed by atoms with Crippen molar-refractivity contribution in [3.63, 3.8) is 0 Å². The summed E-state index contributed by atoms with van der Waals surface area (Å²) in [7, 11) is 0. The van der Waals surface area contributed by atoms with E-state index in [-0.39, 0.29) is 43.1 Å². The molecule has 0 aromatic heterocycles. The molecule has 1 aliphatic rings. The van der Waals surface area contributed by atoms with Crippen LogP contribution in [-0.2, 0) is 0 Å². The van der Waals surface area contributed by atoms with E-state index in [9.17, 15) is 28.5 Å². The fourth-order valence-electron chi connectivity index (χ4n) is 3.09. The van der Waals surface area contributed by atoms with Crippen molar-refractivity contribution in [2.75, 3.05) is 36.4 Å². The number of nitrogens with zero attached hydrogens (tertiary/aromatic N) is 3. The predicted molar refractivity (Wildman–Crippen MR) is 102 cm³/mol. The first kappa shape index (κ1) is 20.9. The number of carbonyl (C=O) groups is 2. The molecule has 1 aliphatic heterocycles. The average molecular weight is 421 g/mol. The molecule has 10 nitrogen and oxygen atoms in total. The van der Waals surface area contributed by atoms with Gasteiger partial charge in [-0.15, -0.1) is 0 Å². The molecule has 3 N–H and O–H groups in total. The van der Waals surface area contributed by atoms with Crippen LogP contribution >= 0.6 is 0 Å². The number of hydrogen-bond donors (Lipinski definition) is 3. The van der Waals surface area contributed by atoms with Crippen LogP contribution in [0.3, 0.4) is 0 Å². The second-order valence-corrected chi connectivity index (χ2v) is 6.43. The van der Waals surface area contributed by atoms with Crippen LogP contribution in [0, 0.1) is 21.7 Å². The van der Waals surface area contributed by atoms with Gasteiger partial charge in [0.25, 0.3) is 11.6 Å². The minimum atomic E-state index is -0.902. The van der Waals surface area contributed by atoms with Crippen molar-refractivity contribution in [3.05, 3.63) is 63.7 Å². The molecule has 0 atom stereocenters. The first-order valence-electron chi connectivity index (χ1n) is 8.79. The molecule has 1 saturated heterocycles. The van der Waals surface area contributed by atoms with Gasteiger partial charge in [-0.2, -0.15) is 0 Å². The highest BCUT2D eigenvalue weighted by molar-refractivity contribution is 6.00. The Morgan fingerprint density at radius 2 is 1.77 bits per heavy atom. The van der Waals surface area contributed by atoms with E-state index in [1.807, 2.05) is 0 Å². The zero-order chi connectivity index (χ0) is 21.8. The van der Waals surface area contributed by atoms with Crippen molar-refractivity contribution in [3.8, 4) is 0 Å². The third kappa shape index (κ3) is 4.43. The molecule has 0 radical (unpaired) electrons. The lowest BCUT2D eigenvalue weighted by Crippen LogP contribution is -2.50. The fourth-order valence-corrected chi connectivity index (χ4v) is 3.09. The van der Waals surface area contributed by atoms with Gasteiger partial charge in [0.15, 0.2) is 0 Å². The van der Waals surface area contributed by atoms with Gasteiger partial charge >= 0.3 is 6.03 Å². The highest BCUT2D eigenvalue weighted by atomic mass is 19.1. The predicted octanol–water partition coefficient (Wildman–Crippen LogP) is 2.35. The van der Waals surface area contributed by atoms with E-state index in [0.717, 1.165) is 18.2 Å². The van der Waals surface area contributed by atoms with Crippen LogP contribution in [-0.4, -0.2) is 53.1 Å². The number of piperazine rings is 1. The standard InChI is InChI=1S/C18H17F2N5O5/c19-11-1-3-15(14(20)9-11)21-18(27)24-7-5-23(6-8-24)16-4-2-12(25(29)30)10-13(16)17(26)22-28/h1-4,9-10,28H,5-8H2,(H,21,27)(H,22,26). The lowest BCUT2D eigenvalue weighted by Gasteiger charge is -2.36. The molecule has 0 saturated carbocycles. The monoisotopic (exact) mass is 421 g/mol. The Morgan fingerprint density at radius 3 is 2.37 bits per heavy atom. The van der Waals surface area contributed by atoms with Gasteiger partial charge in [0.1, 0.15) is 11.6 Å². The van der Waals surface area contributed by atoms with Crippen molar-refractivity contribution in [2.45, 2.75) is 0 Å². The number of nitrogens with one attached hydrogen (secondary N) is 2. The second-order valence-electron chi connectivity index (χ2n) is 6.43. The van der Waals surface area contributed by atoms with Gasteiger partial charge in [-0.1, -0.05) is 0 Å². The van der Waals surface area contributed by atoms with Crippen LogP contribution < -0.4 is 15.7 Å². The SMILES string of the molecule is O=C(NO)c1cc([N+](=O)[O-])ccc1N1CCN(C(=O)Nc2ccc(F)cc2F)CC1. The van der Waals surface area contributed by atoms with Crippen LogP contribution in [0.15, 0.2) is 36.4 Å². The molecule has 3 amide bonds. The molecule has 30 heavy (non-hydrogen) atoms. The zero-order valence-electron chi connectivity index (χ0n) is 15.5. The van der Waals surface area contributed by atoms with E-state index in [0.29, 0.717) is 11.8 Å². The number of anilines is 2. The minimum Gasteiger partial charge on any atom is -0.367 e. The molecular weight excluding hydrogens is 404 g/mol. The molecule has 0 aliphatic carbocycles. The van der Waals surface area contributed by atoms with E-state index >= 15 is 0 Å². The Kier molecular flexibility index (Phi) is 6.06. The number of amides is 3. The first-order valence-corrected chi connectivity index (χ1v) is 8.79. The number of halogens is 2. The number of rotatable bonds is 4. The third-order valence-electron chi connectivity index (χ3n) is 4.62. The summed E-state index contributed by atoms with van der Waals surface area (Å²) in [5.74, 6) is -2.56. The molecule has 3 rings (SSSR count). The summed E-state index contributed by atoms with van der Waals surface area (Å²) >= 11 is 0. The van der Waals surface area contributed by atoms with Gasteiger partial charge in [0, 0.05) is 44.4 Å². The molecule has 12 heteroatoms. The highest BCUT2D eigenvalue weighted by Crippen LogP contribution is 2.27. The maximum atomic E-state index is 13.7. The first-order chi connectivity index (χ1) is 14.3. The normalized spacial score (nSPS) is 13.7. The van der Waals surface area contributed by atoms with Crippen LogP contribution in [0.4, 0.5) is 30.6 Å². The maximum absolute atomic E-state index is 13.7. The summed E-state index contributed by atoms with van der Waals surface area (Å²) in [6, 6.07) is 5.92. The Hall–Kier alpha value is -3.80. The van der Waals surface area contributed by atoms with Crippen LogP contribution in [0.25, 0.3) is 0 Å². The molecule has 1 heterocycles. The van der Waals surface area contributed by atoms with Gasteiger partial charge < -0.3 is 15.1 Å². The molecule has 2 aromatic rings. The van der Waals surface area contributed by atoms with E-state index < -0.39 is 28.5 Å². The van der Waals surface area contributed by atoms with Crippen molar-refractivity contribution >= 4 is 29.0 Å². The largest absolute Gasteiger partial charge is 0.367 e. The van der Waals surface area contributed by atoms with E-state index in [1.165, 1.54) is 22.5 Å². The van der Waals surface area contributed by atoms with Gasteiger partial charge in [0.2, 0.25) is 0 Å². The molecule has 0 bridgehead atoms. The fraction of sp³-hybridized carbons (Fsp3) is 0.222. The number of nitro groups is 1. The summed E-state index contributed by atoms with van der Waals surface area (Å²) in [6.45, 7) is 0.989. The summed E-state index contributed by atoms with van der Waals surface area (Å²) in [6.07, 6.45) is 0. The lowest BCUT2D eigenvalue weighted by atomic mass is 10.1. The molecule has 1 fully saturated rings. The Morgan fingerprint density at radius 1 is 1.07 bits per heavy atom. The smallest absolute Gasteiger partial charge is 0.322 e. The number of non-ortho nitro benzene ring substituents is 1. The van der Waals surface area contributed by atoms with Crippen LogP contribution in [0.2, 0.25) is 0 Å². The quantitative estimate of drug-likeness (QED) is 0.395. The highest BCUT2D eigenvalue weighted by Gasteiger charge is 2.26. The number of hydrogen-bond acceptors (Lipinski definition) is 6. The molecule has 158 valence electrons. The molecule has 0 spiro atoms. The topological polar surface area (TPSA) is 128 Å². The van der Waals surface area contributed by atoms with Crippen molar-refractivity contribution in [2.24, 2.45) is 0 Å². The van der Waals surface area contributed by atoms with Crippen molar-refractivity contribution < 1.29 is 28.5 Å². The number of nitro benzene ring substituents is 1. The summed E-state index contributed by atoms with van der Waals surface area (Å²) < 4.78 is 26.7. The van der Waals surface area contributed by atoms with Gasteiger partial charge in [-0.25, -0.2) is 19.1 Å². The van der Waals surface area contributed by atoms with Crippen molar-refractivity contribution in [1.82, 2.24) is 10.4 Å². The minimum absolute atomic E-state index is 0.0852. The van der Waals surface area contributed by atoms with Gasteiger partial charge in [-0.05, 0) is 18.2 Å². The maximum Gasteiger partial charge on any atom is 0.322 e. The lowest BCUT2D eigenvalue weighted by molar-refractivity contribution is -0.384. The zero-order valence-corrected chi connectivity index (χ0v) is 15.5. The second kappa shape index (κ2) is 8.69. The van der Waals surface area contributed by atoms with E-state index in [1.54, 1.807) is 4.90 Å². The van der Waals surface area contributed by atoms with E-state index in [4.69, 9.17) is 5.21 Å². The van der Waals surface area contributed by atoms with Crippen LogP contribution in [0.5, 0.6) is 0 Å². The van der Waals surface area contributed by atoms with Crippen LogP contribution in [0.1, 0.15) is 10.4 Å². The number of benzene rings is 2. The van der Waals surface area contributed by atoms with Gasteiger partial charge in [0.05, 0.1) is 21.9 Å². The van der Waals surface area contributed by atoms with Gasteiger partial charge in [-0.3, -0.25) is 20.1 Å². The molecular formula is C18H17F2N5O5. The Balaban J connectivity index is 1.70. The summed E-state index contributed by atoms with van der Waals surface area (Å²) in [5, 5.41) is 22.3. The number of hydroxylamine groups is 1. The van der Waals surface area contributed by atoms with E-state index in [2.05, 4.69) is 5.32 Å². The summed E-state index contributed by atoms with van der Waals surface area (Å²) in [4.78, 5) is 37.7. The molecule has 2 aromatic carbocycles. The Labute approximate surface area is 168 Å². The average Bonchev–Trinajstić information content (AvgIpc) is 2.74. The summed E-state index contributed by atoms with van der Waals surface area (Å²) in [5.41, 5.74) is 1.28. The third-order valence-corrected chi connectivity index (χ3v) is 4.62. The molecule has 0 unspecified atom stereocenters. The van der Waals surface area contributed by atoms with Crippen molar-refractivity contribution in [1.29, 1.82) is 0 Å². The number of carbonyl (C=O) groups excluding carboxylic acids is 2. The number of urea groups is 1.